The van der Waals surface area contributed by atoms with Crippen molar-refractivity contribution >= 4 is 50.7 Å². The second-order valence-corrected chi connectivity index (χ2v) is 14.2. The average Bonchev–Trinajstić information content (AvgIpc) is 3.06. The Kier molecular flexibility index (Phi) is 11.0. The highest BCUT2D eigenvalue weighted by atomic mass is 35.5. The van der Waals surface area contributed by atoms with E-state index in [1.54, 1.807) is 24.3 Å². The molecule has 1 unspecified atom stereocenters. The summed E-state index contributed by atoms with van der Waals surface area (Å²) in [6.45, 7) is 3.32. The summed E-state index contributed by atoms with van der Waals surface area (Å²) < 4.78 is 18.0. The van der Waals surface area contributed by atoms with Crippen LogP contribution in [0.1, 0.15) is 53.1 Å². The van der Waals surface area contributed by atoms with E-state index in [9.17, 15) is 14.3 Å². The van der Waals surface area contributed by atoms with Crippen molar-refractivity contribution in [3.63, 3.8) is 0 Å². The lowest BCUT2D eigenvalue weighted by Crippen LogP contribution is -2.39. The van der Waals surface area contributed by atoms with Gasteiger partial charge in [-0.25, -0.2) is 0 Å². The molecular weight excluding hydrogens is 625 g/mol. The molecular formula is C36H39Cl2N3O3S. The highest BCUT2D eigenvalue weighted by molar-refractivity contribution is 7.88. The number of piperidine rings is 1. The SMILES string of the molecule is COC1=CCC(C2CCN(CC[C@H](CN(C)C(=O)c3cc(C#N)cc4ccccc34)c3ccc(Cl)c(Cl)c3)CC2)C([S@](C)=O)=C1. The largest absolute Gasteiger partial charge is 0.497 e. The van der Waals surface area contributed by atoms with Crippen molar-refractivity contribution in [2.24, 2.45) is 11.8 Å². The minimum absolute atomic E-state index is 0.0323. The van der Waals surface area contributed by atoms with Gasteiger partial charge in [-0.3, -0.25) is 9.00 Å². The second kappa shape index (κ2) is 15.0. The average molecular weight is 665 g/mol. The lowest BCUT2D eigenvalue weighted by Gasteiger charge is -2.38. The van der Waals surface area contributed by atoms with E-state index in [0.717, 1.165) is 72.3 Å². The number of allylic oxidation sites excluding steroid dienone is 3. The van der Waals surface area contributed by atoms with E-state index in [-0.39, 0.29) is 17.7 Å². The first kappa shape index (κ1) is 33.2. The smallest absolute Gasteiger partial charge is 0.254 e. The molecule has 1 fully saturated rings. The number of carbonyl (C=O) groups is 1. The summed E-state index contributed by atoms with van der Waals surface area (Å²) in [6, 6.07) is 19.1. The molecule has 0 N–H and O–H groups in total. The molecule has 5 rings (SSSR count). The zero-order chi connectivity index (χ0) is 32.1. The number of amides is 1. The first-order valence-electron chi connectivity index (χ1n) is 15.3. The topological polar surface area (TPSA) is 73.6 Å². The van der Waals surface area contributed by atoms with Crippen LogP contribution < -0.4 is 0 Å². The van der Waals surface area contributed by atoms with Gasteiger partial charge in [0.2, 0.25) is 0 Å². The molecule has 0 aromatic heterocycles. The van der Waals surface area contributed by atoms with Gasteiger partial charge in [-0.2, -0.15) is 5.26 Å². The molecule has 6 nitrogen and oxygen atoms in total. The summed E-state index contributed by atoms with van der Waals surface area (Å²) in [5.74, 6) is 1.49. The Morgan fingerprint density at radius 2 is 1.89 bits per heavy atom. The van der Waals surface area contributed by atoms with Crippen LogP contribution in [0, 0.1) is 23.2 Å². The van der Waals surface area contributed by atoms with E-state index in [1.165, 1.54) is 0 Å². The van der Waals surface area contributed by atoms with Gasteiger partial charge in [-0.1, -0.05) is 53.5 Å². The maximum atomic E-state index is 13.8. The van der Waals surface area contributed by atoms with Crippen LogP contribution in [0.4, 0.5) is 0 Å². The molecule has 1 saturated heterocycles. The molecule has 236 valence electrons. The van der Waals surface area contributed by atoms with E-state index in [0.29, 0.717) is 33.6 Å². The van der Waals surface area contributed by atoms with Crippen LogP contribution in [0.3, 0.4) is 0 Å². The minimum atomic E-state index is -1.02. The van der Waals surface area contributed by atoms with E-state index >= 15 is 0 Å². The predicted molar refractivity (Wildman–Crippen MR) is 184 cm³/mol. The number of methoxy groups -OCH3 is 1. The Bertz CT molecular complexity index is 1690. The second-order valence-electron chi connectivity index (χ2n) is 12.0. The van der Waals surface area contributed by atoms with Gasteiger partial charge in [0.1, 0.15) is 5.76 Å². The highest BCUT2D eigenvalue weighted by Crippen LogP contribution is 2.38. The Hall–Kier alpha value is -3.15. The molecule has 0 saturated carbocycles. The van der Waals surface area contributed by atoms with E-state index in [1.807, 2.05) is 61.7 Å². The highest BCUT2D eigenvalue weighted by Gasteiger charge is 2.32. The minimum Gasteiger partial charge on any atom is -0.497 e. The lowest BCUT2D eigenvalue weighted by atomic mass is 9.80. The van der Waals surface area contributed by atoms with Crippen LogP contribution in [0.15, 0.2) is 77.4 Å². The molecule has 1 aliphatic carbocycles. The molecule has 0 bridgehead atoms. The number of rotatable bonds is 10. The maximum Gasteiger partial charge on any atom is 0.254 e. The van der Waals surface area contributed by atoms with Gasteiger partial charge in [-0.15, -0.1) is 0 Å². The quantitative estimate of drug-likeness (QED) is 0.221. The number of benzene rings is 3. The number of likely N-dealkylation sites (tertiary alicyclic amines) is 1. The normalized spacial score (nSPS) is 18.9. The molecule has 1 aliphatic heterocycles. The third-order valence-corrected chi connectivity index (χ3v) is 11.1. The Balaban J connectivity index is 1.28. The van der Waals surface area contributed by atoms with Crippen molar-refractivity contribution in [3.05, 3.63) is 104 Å². The van der Waals surface area contributed by atoms with Crippen LogP contribution in [0.5, 0.6) is 0 Å². The van der Waals surface area contributed by atoms with E-state index in [2.05, 4.69) is 17.0 Å². The number of hydrogen-bond donors (Lipinski definition) is 0. The Labute approximate surface area is 278 Å². The summed E-state index contributed by atoms with van der Waals surface area (Å²) in [7, 11) is 2.45. The Morgan fingerprint density at radius 1 is 1.13 bits per heavy atom. The monoisotopic (exact) mass is 663 g/mol. The van der Waals surface area contributed by atoms with Crippen LogP contribution in [-0.4, -0.2) is 66.5 Å². The maximum absolute atomic E-state index is 13.8. The van der Waals surface area contributed by atoms with Gasteiger partial charge in [0, 0.05) is 47.0 Å². The molecule has 1 heterocycles. The standard InChI is InChI=1S/C36H39Cl2N3O3S/c1-40(36(42)32-19-24(22-39)18-27-6-4-5-7-30(27)32)23-28(26-8-11-33(37)34(38)20-26)14-17-41-15-12-25(13-16-41)31-10-9-29(44-2)21-35(31)45(3)43/h4-9,11,18-21,25,28,31H,10,12-17,23H2,1-3H3/t28-,31?,45+/m1/s1. The lowest BCUT2D eigenvalue weighted by molar-refractivity contribution is 0.0782. The van der Waals surface area contributed by atoms with Crippen molar-refractivity contribution in [2.45, 2.75) is 31.6 Å². The summed E-state index contributed by atoms with van der Waals surface area (Å²) in [6.07, 6.45) is 9.65. The molecule has 2 aliphatic rings. The number of halogens is 2. The number of nitriles is 1. The summed E-state index contributed by atoms with van der Waals surface area (Å²) >= 11 is 12.7. The Morgan fingerprint density at radius 3 is 2.58 bits per heavy atom. The summed E-state index contributed by atoms with van der Waals surface area (Å²) in [5, 5.41) is 12.3. The molecule has 9 heteroatoms. The molecule has 45 heavy (non-hydrogen) atoms. The van der Waals surface area contributed by atoms with Gasteiger partial charge >= 0.3 is 0 Å². The van der Waals surface area contributed by atoms with E-state index in [4.69, 9.17) is 27.9 Å². The predicted octanol–water partition coefficient (Wildman–Crippen LogP) is 7.79. The number of hydrogen-bond acceptors (Lipinski definition) is 5. The number of likely N-dealkylation sites (N-methyl/N-ethyl adjacent to an activating group) is 1. The van der Waals surface area contributed by atoms with Crippen molar-refractivity contribution < 1.29 is 13.7 Å². The van der Waals surface area contributed by atoms with Gasteiger partial charge in [0.25, 0.3) is 5.91 Å². The molecule has 3 aromatic rings. The van der Waals surface area contributed by atoms with Crippen LogP contribution >= 0.6 is 23.2 Å². The van der Waals surface area contributed by atoms with Crippen molar-refractivity contribution in [1.29, 1.82) is 5.26 Å². The van der Waals surface area contributed by atoms with Gasteiger partial charge < -0.3 is 14.5 Å². The van der Waals surface area contributed by atoms with E-state index < -0.39 is 10.8 Å². The summed E-state index contributed by atoms with van der Waals surface area (Å²) in [5.41, 5.74) is 2.03. The zero-order valence-corrected chi connectivity index (χ0v) is 28.3. The van der Waals surface area contributed by atoms with Crippen molar-refractivity contribution in [1.82, 2.24) is 9.80 Å². The third kappa shape index (κ3) is 7.81. The van der Waals surface area contributed by atoms with Crippen molar-refractivity contribution in [3.8, 4) is 6.07 Å². The van der Waals surface area contributed by atoms with Crippen LogP contribution in [0.25, 0.3) is 10.8 Å². The fourth-order valence-corrected chi connectivity index (χ4v) is 8.05. The van der Waals surface area contributed by atoms with Crippen molar-refractivity contribution in [2.75, 3.05) is 46.6 Å². The third-order valence-electron chi connectivity index (χ3n) is 9.26. The van der Waals surface area contributed by atoms with Crippen LogP contribution in [0.2, 0.25) is 10.0 Å². The molecule has 3 atom stereocenters. The molecule has 3 aromatic carbocycles. The van der Waals surface area contributed by atoms with Gasteiger partial charge in [0.05, 0.1) is 28.8 Å². The number of fused-ring (bicyclic) bond motifs is 1. The van der Waals surface area contributed by atoms with Gasteiger partial charge in [-0.05, 0) is 110 Å². The first-order chi connectivity index (χ1) is 21.7. The number of carbonyl (C=O) groups excluding carboxylic acids is 1. The zero-order valence-electron chi connectivity index (χ0n) is 26.0. The molecule has 1 amide bonds. The first-order valence-corrected chi connectivity index (χ1v) is 17.6. The number of nitrogens with zero attached hydrogens (tertiary/aromatic N) is 3. The fraction of sp³-hybridized carbons (Fsp3) is 0.389. The number of ether oxygens (including phenoxy) is 1. The molecule has 0 radical (unpaired) electrons. The summed E-state index contributed by atoms with van der Waals surface area (Å²) in [4.78, 5) is 19.1. The fourth-order valence-electron chi connectivity index (χ4n) is 6.75. The molecule has 0 spiro atoms. The van der Waals surface area contributed by atoms with Crippen LogP contribution in [-0.2, 0) is 15.5 Å². The van der Waals surface area contributed by atoms with Gasteiger partial charge in [0.15, 0.2) is 0 Å².